The standard InChI is InChI=1S/C12H12F3N3O/c1-19-5-4-18-3-2-16-12(18)17-11-9(14)6-8(13)7-10(11)15/h2-3,6-7H,4-5H2,1H3,(H,16,17). The number of halogens is 3. The predicted molar refractivity (Wildman–Crippen MR) is 63.7 cm³/mol. The summed E-state index contributed by atoms with van der Waals surface area (Å²) < 4.78 is 46.3. The summed E-state index contributed by atoms with van der Waals surface area (Å²) in [6.45, 7) is 0.905. The number of methoxy groups -OCH3 is 1. The lowest BCUT2D eigenvalue weighted by molar-refractivity contribution is 0.188. The maximum Gasteiger partial charge on any atom is 0.207 e. The summed E-state index contributed by atoms with van der Waals surface area (Å²) in [5.41, 5.74) is -0.439. The minimum absolute atomic E-state index is 0.251. The number of hydrogen-bond donors (Lipinski definition) is 1. The first-order chi connectivity index (χ1) is 9.11. The van der Waals surface area contributed by atoms with Crippen LogP contribution in [-0.4, -0.2) is 23.3 Å². The molecule has 0 aliphatic carbocycles. The molecule has 102 valence electrons. The summed E-state index contributed by atoms with van der Waals surface area (Å²) in [7, 11) is 1.54. The number of benzene rings is 1. The first-order valence-corrected chi connectivity index (χ1v) is 5.53. The molecule has 4 nitrogen and oxygen atoms in total. The van der Waals surface area contributed by atoms with Gasteiger partial charge in [0, 0.05) is 38.2 Å². The third-order valence-corrected chi connectivity index (χ3v) is 2.50. The molecule has 0 saturated heterocycles. The van der Waals surface area contributed by atoms with E-state index in [0.717, 1.165) is 0 Å². The zero-order valence-electron chi connectivity index (χ0n) is 10.2. The Bertz CT molecular complexity index is 548. The predicted octanol–water partition coefficient (Wildman–Crippen LogP) is 2.69. The Labute approximate surface area is 107 Å². The molecule has 7 heteroatoms. The van der Waals surface area contributed by atoms with Crippen LogP contribution >= 0.6 is 0 Å². The van der Waals surface area contributed by atoms with Gasteiger partial charge in [0.15, 0.2) is 11.6 Å². The van der Waals surface area contributed by atoms with Crippen LogP contribution in [0.5, 0.6) is 0 Å². The highest BCUT2D eigenvalue weighted by Crippen LogP contribution is 2.23. The molecule has 0 spiro atoms. The second-order valence-electron chi connectivity index (χ2n) is 3.81. The fourth-order valence-electron chi connectivity index (χ4n) is 1.58. The largest absolute Gasteiger partial charge is 0.383 e. The van der Waals surface area contributed by atoms with Crippen molar-refractivity contribution in [2.24, 2.45) is 0 Å². The molecule has 0 bridgehead atoms. The minimum atomic E-state index is -1.02. The molecule has 2 rings (SSSR count). The fraction of sp³-hybridized carbons (Fsp3) is 0.250. The van der Waals surface area contributed by atoms with Gasteiger partial charge in [-0.1, -0.05) is 0 Å². The number of hydrogen-bond acceptors (Lipinski definition) is 3. The Morgan fingerprint density at radius 3 is 2.58 bits per heavy atom. The molecular formula is C12H12F3N3O. The van der Waals surface area contributed by atoms with Crippen LogP contribution in [0.3, 0.4) is 0 Å². The molecular weight excluding hydrogens is 259 g/mol. The lowest BCUT2D eigenvalue weighted by Crippen LogP contribution is -2.09. The second kappa shape index (κ2) is 5.75. The normalized spacial score (nSPS) is 10.7. The number of nitrogens with zero attached hydrogens (tertiary/aromatic N) is 2. The summed E-state index contributed by atoms with van der Waals surface area (Å²) in [6, 6.07) is 1.21. The van der Waals surface area contributed by atoms with E-state index in [9.17, 15) is 13.2 Å². The molecule has 0 unspecified atom stereocenters. The summed E-state index contributed by atoms with van der Waals surface area (Å²) in [5, 5.41) is 2.50. The van der Waals surface area contributed by atoms with Crippen molar-refractivity contribution in [1.82, 2.24) is 9.55 Å². The topological polar surface area (TPSA) is 39.1 Å². The van der Waals surface area contributed by atoms with Crippen molar-refractivity contribution in [1.29, 1.82) is 0 Å². The number of ether oxygens (including phenoxy) is 1. The van der Waals surface area contributed by atoms with Crippen LogP contribution in [0.25, 0.3) is 0 Å². The van der Waals surface area contributed by atoms with Crippen molar-refractivity contribution in [2.75, 3.05) is 19.0 Å². The van der Waals surface area contributed by atoms with E-state index >= 15 is 0 Å². The van der Waals surface area contributed by atoms with Crippen molar-refractivity contribution < 1.29 is 17.9 Å². The van der Waals surface area contributed by atoms with Crippen LogP contribution in [0.1, 0.15) is 0 Å². The van der Waals surface area contributed by atoms with Gasteiger partial charge >= 0.3 is 0 Å². The molecule has 0 amide bonds. The van der Waals surface area contributed by atoms with Crippen LogP contribution in [0.4, 0.5) is 24.8 Å². The first kappa shape index (κ1) is 13.4. The Balaban J connectivity index is 2.24. The molecule has 1 aromatic heterocycles. The van der Waals surface area contributed by atoms with Gasteiger partial charge in [0.1, 0.15) is 11.5 Å². The number of nitrogens with one attached hydrogen (secondary N) is 1. The van der Waals surface area contributed by atoms with Crippen LogP contribution in [0.2, 0.25) is 0 Å². The van der Waals surface area contributed by atoms with Crippen molar-refractivity contribution in [3.8, 4) is 0 Å². The maximum atomic E-state index is 13.5. The second-order valence-corrected chi connectivity index (χ2v) is 3.81. The van der Waals surface area contributed by atoms with E-state index in [1.807, 2.05) is 0 Å². The molecule has 1 N–H and O–H groups in total. The quantitative estimate of drug-likeness (QED) is 0.908. The third-order valence-electron chi connectivity index (χ3n) is 2.50. The highest BCUT2D eigenvalue weighted by Gasteiger charge is 2.13. The van der Waals surface area contributed by atoms with E-state index < -0.39 is 23.1 Å². The van der Waals surface area contributed by atoms with Crippen LogP contribution < -0.4 is 5.32 Å². The van der Waals surface area contributed by atoms with Gasteiger partial charge in [-0.25, -0.2) is 18.2 Å². The van der Waals surface area contributed by atoms with Gasteiger partial charge < -0.3 is 14.6 Å². The molecule has 1 heterocycles. The van der Waals surface area contributed by atoms with Gasteiger partial charge in [0.2, 0.25) is 5.95 Å². The van der Waals surface area contributed by atoms with Crippen LogP contribution in [-0.2, 0) is 11.3 Å². The molecule has 0 aliphatic heterocycles. The molecule has 0 radical (unpaired) electrons. The molecule has 1 aromatic carbocycles. The SMILES string of the molecule is COCCn1ccnc1Nc1c(F)cc(F)cc1F. The minimum Gasteiger partial charge on any atom is -0.383 e. The van der Waals surface area contributed by atoms with Gasteiger partial charge in [0.25, 0.3) is 0 Å². The van der Waals surface area contributed by atoms with E-state index in [1.54, 1.807) is 17.9 Å². The smallest absolute Gasteiger partial charge is 0.207 e. The van der Waals surface area contributed by atoms with Crippen molar-refractivity contribution in [2.45, 2.75) is 6.54 Å². The van der Waals surface area contributed by atoms with Crippen molar-refractivity contribution in [3.63, 3.8) is 0 Å². The summed E-state index contributed by atoms with van der Waals surface area (Å²) >= 11 is 0. The van der Waals surface area contributed by atoms with Gasteiger partial charge in [-0.15, -0.1) is 0 Å². The molecule has 19 heavy (non-hydrogen) atoms. The molecule has 0 fully saturated rings. The number of imidazole rings is 1. The highest BCUT2D eigenvalue weighted by atomic mass is 19.1. The lowest BCUT2D eigenvalue weighted by Gasteiger charge is -2.10. The molecule has 0 saturated carbocycles. The number of rotatable bonds is 5. The van der Waals surface area contributed by atoms with E-state index in [-0.39, 0.29) is 5.95 Å². The molecule has 0 aliphatic rings. The summed E-state index contributed by atoms with van der Waals surface area (Å²) in [4.78, 5) is 3.94. The third kappa shape index (κ3) is 3.05. The lowest BCUT2D eigenvalue weighted by atomic mass is 10.3. The summed E-state index contributed by atoms with van der Waals surface area (Å²) in [6.07, 6.45) is 3.12. The van der Waals surface area contributed by atoms with Crippen LogP contribution in [0.15, 0.2) is 24.5 Å². The summed E-state index contributed by atoms with van der Waals surface area (Å²) in [5.74, 6) is -2.75. The van der Waals surface area contributed by atoms with Gasteiger partial charge in [-0.2, -0.15) is 0 Å². The average Bonchev–Trinajstić information content (AvgIpc) is 2.78. The average molecular weight is 271 g/mol. The number of anilines is 2. The van der Waals surface area contributed by atoms with Crippen LogP contribution in [0, 0.1) is 17.5 Å². The van der Waals surface area contributed by atoms with Crippen molar-refractivity contribution in [3.05, 3.63) is 42.0 Å². The first-order valence-electron chi connectivity index (χ1n) is 5.53. The maximum absolute atomic E-state index is 13.5. The Kier molecular flexibility index (Phi) is 4.06. The zero-order chi connectivity index (χ0) is 13.8. The van der Waals surface area contributed by atoms with Gasteiger partial charge in [-0.3, -0.25) is 0 Å². The van der Waals surface area contributed by atoms with Gasteiger partial charge in [0.05, 0.1) is 6.61 Å². The van der Waals surface area contributed by atoms with E-state index in [4.69, 9.17) is 4.74 Å². The Morgan fingerprint density at radius 2 is 1.95 bits per heavy atom. The van der Waals surface area contributed by atoms with Crippen molar-refractivity contribution >= 4 is 11.6 Å². The van der Waals surface area contributed by atoms with E-state index in [1.165, 1.54) is 6.20 Å². The number of aromatic nitrogens is 2. The molecule has 0 atom stereocenters. The monoisotopic (exact) mass is 271 g/mol. The Hall–Kier alpha value is -2.02. The zero-order valence-corrected chi connectivity index (χ0v) is 10.2. The van der Waals surface area contributed by atoms with E-state index in [2.05, 4.69) is 10.3 Å². The Morgan fingerprint density at radius 1 is 1.26 bits per heavy atom. The van der Waals surface area contributed by atoms with E-state index in [0.29, 0.717) is 25.3 Å². The fourth-order valence-corrected chi connectivity index (χ4v) is 1.58. The molecule has 2 aromatic rings. The highest BCUT2D eigenvalue weighted by molar-refractivity contribution is 5.55. The van der Waals surface area contributed by atoms with Gasteiger partial charge in [-0.05, 0) is 0 Å².